The molecule has 2 aliphatic heterocycles. The van der Waals surface area contributed by atoms with Crippen LogP contribution < -0.4 is 4.74 Å². The van der Waals surface area contributed by atoms with Crippen LogP contribution in [-0.2, 0) is 0 Å². The van der Waals surface area contributed by atoms with Crippen LogP contribution in [0.15, 0.2) is 48.5 Å². The van der Waals surface area contributed by atoms with Gasteiger partial charge in [0.05, 0.1) is 16.7 Å². The van der Waals surface area contributed by atoms with Crippen molar-refractivity contribution >= 4 is 23.2 Å². The molecule has 0 aliphatic carbocycles. The third-order valence-electron chi connectivity index (χ3n) is 5.99. The minimum atomic E-state index is 0.487. The van der Waals surface area contributed by atoms with Gasteiger partial charge in [0.25, 0.3) is 0 Å². The summed E-state index contributed by atoms with van der Waals surface area (Å²) in [6, 6.07) is 17.7. The van der Waals surface area contributed by atoms with Gasteiger partial charge >= 0.3 is 0 Å². The Kier molecular flexibility index (Phi) is 4.95. The third kappa shape index (κ3) is 3.40. The average Bonchev–Trinajstić information content (AvgIpc) is 2.87. The predicted molar refractivity (Wildman–Crippen MR) is 104 cm³/mol. The molecule has 4 heteroatoms. The molecule has 2 fully saturated rings. The molecule has 2 heterocycles. The van der Waals surface area contributed by atoms with E-state index in [-0.39, 0.29) is 0 Å². The van der Waals surface area contributed by atoms with Crippen LogP contribution in [0.1, 0.15) is 30.7 Å². The van der Waals surface area contributed by atoms with Crippen LogP contribution in [0.25, 0.3) is 0 Å². The van der Waals surface area contributed by atoms with Gasteiger partial charge in [-0.1, -0.05) is 53.5 Å². The largest absolute Gasteiger partial charge is 0.493 e. The van der Waals surface area contributed by atoms with E-state index >= 15 is 0 Å². The van der Waals surface area contributed by atoms with E-state index in [0.717, 1.165) is 5.75 Å². The molecule has 25 heavy (non-hydrogen) atoms. The van der Waals surface area contributed by atoms with Gasteiger partial charge in [0.1, 0.15) is 5.75 Å². The lowest BCUT2D eigenvalue weighted by atomic mass is 9.76. The second kappa shape index (κ2) is 7.19. The van der Waals surface area contributed by atoms with Crippen molar-refractivity contribution in [1.29, 1.82) is 0 Å². The van der Waals surface area contributed by atoms with Crippen molar-refractivity contribution in [1.82, 2.24) is 4.90 Å². The predicted octanol–water partition coefficient (Wildman–Crippen LogP) is 5.64. The van der Waals surface area contributed by atoms with E-state index in [0.29, 0.717) is 40.6 Å². The topological polar surface area (TPSA) is 12.5 Å². The number of nitrogens with zero attached hydrogens (tertiary/aromatic N) is 1. The van der Waals surface area contributed by atoms with Crippen molar-refractivity contribution < 1.29 is 4.74 Å². The molecule has 2 bridgehead atoms. The number of piperidine rings is 1. The van der Waals surface area contributed by atoms with E-state index in [9.17, 15) is 0 Å². The van der Waals surface area contributed by atoms with Gasteiger partial charge in [-0.3, -0.25) is 0 Å². The van der Waals surface area contributed by atoms with Crippen LogP contribution in [-0.4, -0.2) is 30.6 Å². The summed E-state index contributed by atoms with van der Waals surface area (Å²) in [7, 11) is 2.27. The lowest BCUT2D eigenvalue weighted by molar-refractivity contribution is 0.0666. The maximum atomic E-state index is 6.16. The van der Waals surface area contributed by atoms with Crippen LogP contribution in [0.3, 0.4) is 0 Å². The minimum Gasteiger partial charge on any atom is -0.493 e. The van der Waals surface area contributed by atoms with Crippen LogP contribution in [0, 0.1) is 5.92 Å². The molecule has 2 aromatic rings. The molecule has 2 aromatic carbocycles. The zero-order valence-corrected chi connectivity index (χ0v) is 15.9. The Labute approximate surface area is 159 Å². The zero-order chi connectivity index (χ0) is 17.4. The number of rotatable bonds is 4. The van der Waals surface area contributed by atoms with Gasteiger partial charge in [-0.25, -0.2) is 0 Å². The maximum Gasteiger partial charge on any atom is 0.120 e. The first-order valence-corrected chi connectivity index (χ1v) is 9.74. The first kappa shape index (κ1) is 17.2. The SMILES string of the molecule is CN1C2CCC1[C@@H](COc1ccc(Cl)c(Cl)c1)[C@H](c1ccccc1)C2. The van der Waals surface area contributed by atoms with E-state index in [1.165, 1.54) is 24.8 Å². The van der Waals surface area contributed by atoms with Crippen LogP contribution >= 0.6 is 23.2 Å². The first-order chi connectivity index (χ1) is 12.1. The fourth-order valence-corrected chi connectivity index (χ4v) is 4.94. The third-order valence-corrected chi connectivity index (χ3v) is 6.73. The van der Waals surface area contributed by atoms with E-state index < -0.39 is 0 Å². The molecule has 0 N–H and O–H groups in total. The van der Waals surface area contributed by atoms with Crippen LogP contribution in [0.4, 0.5) is 0 Å². The molecule has 2 nitrogen and oxygen atoms in total. The molecule has 4 rings (SSSR count). The van der Waals surface area contributed by atoms with Crippen molar-refractivity contribution in [2.75, 3.05) is 13.7 Å². The Hall–Kier alpha value is -1.22. The Morgan fingerprint density at radius 1 is 1.04 bits per heavy atom. The fraction of sp³-hybridized carbons (Fsp3) is 0.429. The summed E-state index contributed by atoms with van der Waals surface area (Å²) in [5.74, 6) is 1.84. The van der Waals surface area contributed by atoms with Crippen molar-refractivity contribution in [3.8, 4) is 5.75 Å². The average molecular weight is 376 g/mol. The molecular formula is C21H23Cl2NO. The monoisotopic (exact) mass is 375 g/mol. The summed E-state index contributed by atoms with van der Waals surface area (Å²) in [6.45, 7) is 0.708. The number of fused-ring (bicyclic) bond motifs is 2. The second-order valence-electron chi connectivity index (χ2n) is 7.27. The summed E-state index contributed by atoms with van der Waals surface area (Å²) >= 11 is 12.1. The van der Waals surface area contributed by atoms with Crippen molar-refractivity contribution in [2.24, 2.45) is 5.92 Å². The molecule has 0 saturated carbocycles. The van der Waals surface area contributed by atoms with Crippen LogP contribution in [0.5, 0.6) is 5.75 Å². The summed E-state index contributed by atoms with van der Waals surface area (Å²) in [4.78, 5) is 2.57. The van der Waals surface area contributed by atoms with Gasteiger partial charge in [-0.2, -0.15) is 0 Å². The number of ether oxygens (including phenoxy) is 1. The molecule has 4 atom stereocenters. The van der Waals surface area contributed by atoms with Gasteiger partial charge in [-0.05, 0) is 49.9 Å². The quantitative estimate of drug-likeness (QED) is 0.685. The van der Waals surface area contributed by atoms with Gasteiger partial charge in [-0.15, -0.1) is 0 Å². The van der Waals surface area contributed by atoms with E-state index in [4.69, 9.17) is 27.9 Å². The standard InChI is InChI=1S/C21H23Cl2NO/c1-24-15-7-10-21(24)18(17(11-15)14-5-3-2-4-6-14)13-25-16-8-9-19(22)20(23)12-16/h2-6,8-9,12,15,17-18,21H,7,10-11,13H2,1H3/t15?,17-,18-,21?/m0/s1. The molecule has 2 unspecified atom stereocenters. The second-order valence-corrected chi connectivity index (χ2v) is 8.08. The van der Waals surface area contributed by atoms with Gasteiger partial charge < -0.3 is 9.64 Å². The Morgan fingerprint density at radius 3 is 2.60 bits per heavy atom. The number of benzene rings is 2. The Morgan fingerprint density at radius 2 is 1.84 bits per heavy atom. The van der Waals surface area contributed by atoms with Crippen molar-refractivity contribution in [3.05, 3.63) is 64.1 Å². The Bertz CT molecular complexity index is 736. The van der Waals surface area contributed by atoms with Gasteiger partial charge in [0.2, 0.25) is 0 Å². The summed E-state index contributed by atoms with van der Waals surface area (Å²) in [6.07, 6.45) is 3.78. The molecule has 0 aromatic heterocycles. The molecule has 2 aliphatic rings. The molecule has 2 saturated heterocycles. The lowest BCUT2D eigenvalue weighted by Crippen LogP contribution is -2.47. The molecule has 132 valence electrons. The number of hydrogen-bond donors (Lipinski definition) is 0. The smallest absolute Gasteiger partial charge is 0.120 e. The number of halogens is 2. The molecule has 0 amide bonds. The maximum absolute atomic E-state index is 6.16. The van der Waals surface area contributed by atoms with Gasteiger partial charge in [0.15, 0.2) is 0 Å². The first-order valence-electron chi connectivity index (χ1n) is 8.98. The minimum absolute atomic E-state index is 0.487. The lowest BCUT2D eigenvalue weighted by Gasteiger charge is -2.43. The van der Waals surface area contributed by atoms with Crippen molar-refractivity contribution in [2.45, 2.75) is 37.3 Å². The summed E-state index contributed by atoms with van der Waals surface area (Å²) in [5, 5.41) is 1.10. The van der Waals surface area contributed by atoms with E-state index in [1.54, 1.807) is 6.07 Å². The fourth-order valence-electron chi connectivity index (χ4n) is 4.65. The molecular weight excluding hydrogens is 353 g/mol. The zero-order valence-electron chi connectivity index (χ0n) is 14.4. The molecule has 0 spiro atoms. The van der Waals surface area contributed by atoms with Crippen molar-refractivity contribution in [3.63, 3.8) is 0 Å². The summed E-state index contributed by atoms with van der Waals surface area (Å²) in [5.41, 5.74) is 1.44. The molecule has 0 radical (unpaired) electrons. The van der Waals surface area contributed by atoms with E-state index in [1.807, 2.05) is 12.1 Å². The van der Waals surface area contributed by atoms with Gasteiger partial charge in [0, 0.05) is 24.1 Å². The summed E-state index contributed by atoms with van der Waals surface area (Å²) < 4.78 is 6.16. The normalized spacial score (nSPS) is 28.9. The highest BCUT2D eigenvalue weighted by Gasteiger charge is 2.46. The highest BCUT2D eigenvalue weighted by atomic mass is 35.5. The number of hydrogen-bond acceptors (Lipinski definition) is 2. The highest BCUT2D eigenvalue weighted by molar-refractivity contribution is 6.42. The Balaban J connectivity index is 1.56. The highest BCUT2D eigenvalue weighted by Crippen LogP contribution is 2.46. The van der Waals surface area contributed by atoms with Crippen LogP contribution in [0.2, 0.25) is 10.0 Å². The van der Waals surface area contributed by atoms with E-state index in [2.05, 4.69) is 42.3 Å².